The van der Waals surface area contributed by atoms with Gasteiger partial charge in [-0.2, -0.15) is 0 Å². The Morgan fingerprint density at radius 2 is 1.95 bits per heavy atom. The summed E-state index contributed by atoms with van der Waals surface area (Å²) < 4.78 is 6.27. The molecule has 2 N–H and O–H groups in total. The van der Waals surface area contributed by atoms with E-state index < -0.39 is 5.97 Å². The fourth-order valence-electron chi connectivity index (χ4n) is 1.74. The van der Waals surface area contributed by atoms with Gasteiger partial charge in [0.1, 0.15) is 5.75 Å². The van der Waals surface area contributed by atoms with Gasteiger partial charge in [-0.3, -0.25) is 9.59 Å². The van der Waals surface area contributed by atoms with Crippen molar-refractivity contribution in [2.45, 2.75) is 32.1 Å². The number of ether oxygens (including phenoxy) is 1. The molecule has 0 aliphatic heterocycles. The molecule has 0 aromatic heterocycles. The van der Waals surface area contributed by atoms with Crippen LogP contribution in [0.4, 0.5) is 0 Å². The van der Waals surface area contributed by atoms with E-state index in [-0.39, 0.29) is 18.9 Å². The number of carboxylic acid groups (broad SMARTS) is 1. The first-order valence-electron chi connectivity index (χ1n) is 6.95. The van der Waals surface area contributed by atoms with Gasteiger partial charge in [-0.1, -0.05) is 34.8 Å². The van der Waals surface area contributed by atoms with Crippen LogP contribution in [0.15, 0.2) is 28.7 Å². The van der Waals surface area contributed by atoms with Crippen molar-refractivity contribution in [2.24, 2.45) is 0 Å². The van der Waals surface area contributed by atoms with Crippen molar-refractivity contribution in [3.8, 4) is 5.75 Å². The van der Waals surface area contributed by atoms with Crippen LogP contribution in [0.1, 0.15) is 32.1 Å². The SMILES string of the molecule is O=C(O)CCCCCCNC(=O)COc1cccc(Br)c1. The standard InChI is InChI=1S/C15H20BrNO4/c16-12-6-5-7-13(10-12)21-11-14(18)17-9-4-2-1-3-8-15(19)20/h5-7,10H,1-4,8-9,11H2,(H,17,18)(H,19,20). The number of hydrogen-bond donors (Lipinski definition) is 2. The summed E-state index contributed by atoms with van der Waals surface area (Å²) >= 11 is 3.33. The van der Waals surface area contributed by atoms with E-state index in [1.54, 1.807) is 12.1 Å². The second kappa shape index (κ2) is 10.2. The minimum atomic E-state index is -0.756. The van der Waals surface area contributed by atoms with Crippen LogP contribution in [0.2, 0.25) is 0 Å². The van der Waals surface area contributed by atoms with Crippen molar-refractivity contribution < 1.29 is 19.4 Å². The normalized spacial score (nSPS) is 10.1. The second-order valence-corrected chi connectivity index (χ2v) is 5.57. The Labute approximate surface area is 132 Å². The molecule has 5 nitrogen and oxygen atoms in total. The minimum absolute atomic E-state index is 0.00450. The molecular weight excluding hydrogens is 338 g/mol. The maximum absolute atomic E-state index is 11.6. The first-order valence-corrected chi connectivity index (χ1v) is 7.74. The molecule has 0 saturated heterocycles. The molecule has 0 unspecified atom stereocenters. The van der Waals surface area contributed by atoms with Crippen molar-refractivity contribution in [3.05, 3.63) is 28.7 Å². The van der Waals surface area contributed by atoms with E-state index in [0.717, 1.165) is 23.7 Å². The van der Waals surface area contributed by atoms with Crippen molar-refractivity contribution in [1.29, 1.82) is 0 Å². The van der Waals surface area contributed by atoms with Crippen molar-refractivity contribution in [1.82, 2.24) is 5.32 Å². The van der Waals surface area contributed by atoms with Crippen LogP contribution < -0.4 is 10.1 Å². The predicted octanol–water partition coefficient (Wildman–Crippen LogP) is 2.98. The van der Waals surface area contributed by atoms with Crippen LogP contribution >= 0.6 is 15.9 Å². The molecule has 1 aromatic carbocycles. The van der Waals surface area contributed by atoms with Crippen LogP contribution in [0.25, 0.3) is 0 Å². The summed E-state index contributed by atoms with van der Waals surface area (Å²) in [6.07, 6.45) is 3.54. The van der Waals surface area contributed by atoms with Crippen LogP contribution in [0.3, 0.4) is 0 Å². The molecule has 1 aromatic rings. The lowest BCUT2D eigenvalue weighted by atomic mass is 10.1. The number of carboxylic acids is 1. The van der Waals surface area contributed by atoms with Gasteiger partial charge in [-0.25, -0.2) is 0 Å². The third kappa shape index (κ3) is 9.07. The Balaban J connectivity index is 2.03. The van der Waals surface area contributed by atoms with E-state index in [2.05, 4.69) is 21.2 Å². The van der Waals surface area contributed by atoms with E-state index in [1.807, 2.05) is 12.1 Å². The highest BCUT2D eigenvalue weighted by molar-refractivity contribution is 9.10. The molecule has 21 heavy (non-hydrogen) atoms. The monoisotopic (exact) mass is 357 g/mol. The fourth-order valence-corrected chi connectivity index (χ4v) is 2.12. The zero-order valence-electron chi connectivity index (χ0n) is 11.8. The van der Waals surface area contributed by atoms with E-state index in [4.69, 9.17) is 9.84 Å². The number of halogens is 1. The lowest BCUT2D eigenvalue weighted by molar-refractivity contribution is -0.137. The first kappa shape index (κ1) is 17.5. The van der Waals surface area contributed by atoms with Crippen molar-refractivity contribution >= 4 is 27.8 Å². The highest BCUT2D eigenvalue weighted by Gasteiger charge is 2.02. The summed E-state index contributed by atoms with van der Waals surface area (Å²) in [6, 6.07) is 7.32. The van der Waals surface area contributed by atoms with Crippen LogP contribution in [-0.2, 0) is 9.59 Å². The molecule has 1 amide bonds. The Morgan fingerprint density at radius 3 is 2.67 bits per heavy atom. The molecule has 0 spiro atoms. The number of aliphatic carboxylic acids is 1. The predicted molar refractivity (Wildman–Crippen MR) is 83.4 cm³/mol. The third-order valence-electron chi connectivity index (χ3n) is 2.81. The number of rotatable bonds is 10. The third-order valence-corrected chi connectivity index (χ3v) is 3.30. The molecule has 0 atom stereocenters. The lowest BCUT2D eigenvalue weighted by Gasteiger charge is -2.07. The van der Waals surface area contributed by atoms with Gasteiger partial charge in [-0.15, -0.1) is 0 Å². The van der Waals surface area contributed by atoms with Gasteiger partial charge in [0.2, 0.25) is 0 Å². The molecule has 1 rings (SSSR count). The molecular formula is C15H20BrNO4. The smallest absolute Gasteiger partial charge is 0.303 e. The number of carbonyl (C=O) groups is 2. The molecule has 0 saturated carbocycles. The Kier molecular flexibility index (Phi) is 8.50. The van der Waals surface area contributed by atoms with Gasteiger partial charge in [-0.05, 0) is 31.0 Å². The van der Waals surface area contributed by atoms with Crippen molar-refractivity contribution in [2.75, 3.05) is 13.2 Å². The molecule has 0 aliphatic rings. The summed E-state index contributed by atoms with van der Waals surface area (Å²) in [5, 5.41) is 11.3. The summed E-state index contributed by atoms with van der Waals surface area (Å²) in [6.45, 7) is 0.587. The van der Waals surface area contributed by atoms with Gasteiger partial charge >= 0.3 is 5.97 Å². The Hall–Kier alpha value is -1.56. The second-order valence-electron chi connectivity index (χ2n) is 4.65. The lowest BCUT2D eigenvalue weighted by Crippen LogP contribution is -2.29. The largest absolute Gasteiger partial charge is 0.484 e. The highest BCUT2D eigenvalue weighted by Crippen LogP contribution is 2.17. The summed E-state index contributed by atoms with van der Waals surface area (Å²) in [5.74, 6) is -0.262. The van der Waals surface area contributed by atoms with E-state index in [1.165, 1.54) is 0 Å². The molecule has 6 heteroatoms. The van der Waals surface area contributed by atoms with Gasteiger partial charge in [0.15, 0.2) is 6.61 Å². The van der Waals surface area contributed by atoms with E-state index >= 15 is 0 Å². The molecule has 0 radical (unpaired) electrons. The fraction of sp³-hybridized carbons (Fsp3) is 0.467. The van der Waals surface area contributed by atoms with Crippen LogP contribution in [0.5, 0.6) is 5.75 Å². The molecule has 116 valence electrons. The summed E-state index contributed by atoms with van der Waals surface area (Å²) in [5.41, 5.74) is 0. The molecule has 0 fully saturated rings. The summed E-state index contributed by atoms with van der Waals surface area (Å²) in [4.78, 5) is 21.9. The van der Waals surface area contributed by atoms with Gasteiger partial charge < -0.3 is 15.2 Å². The topological polar surface area (TPSA) is 75.6 Å². The number of unbranched alkanes of at least 4 members (excludes halogenated alkanes) is 3. The number of amides is 1. The molecule has 0 heterocycles. The molecule has 0 bridgehead atoms. The Bertz CT molecular complexity index is 465. The maximum Gasteiger partial charge on any atom is 0.303 e. The number of nitrogens with one attached hydrogen (secondary N) is 1. The quantitative estimate of drug-likeness (QED) is 0.631. The van der Waals surface area contributed by atoms with Crippen LogP contribution in [-0.4, -0.2) is 30.1 Å². The van der Waals surface area contributed by atoms with E-state index in [0.29, 0.717) is 18.7 Å². The van der Waals surface area contributed by atoms with Gasteiger partial charge in [0.25, 0.3) is 5.91 Å². The first-order chi connectivity index (χ1) is 10.1. The average Bonchev–Trinajstić information content (AvgIpc) is 2.44. The number of carbonyl (C=O) groups excluding carboxylic acids is 1. The Morgan fingerprint density at radius 1 is 1.19 bits per heavy atom. The maximum atomic E-state index is 11.6. The van der Waals surface area contributed by atoms with Crippen LogP contribution in [0, 0.1) is 0 Å². The van der Waals surface area contributed by atoms with Gasteiger partial charge in [0, 0.05) is 17.4 Å². The summed E-state index contributed by atoms with van der Waals surface area (Å²) in [7, 11) is 0. The molecule has 0 aliphatic carbocycles. The zero-order valence-corrected chi connectivity index (χ0v) is 13.4. The average molecular weight is 358 g/mol. The van der Waals surface area contributed by atoms with E-state index in [9.17, 15) is 9.59 Å². The number of benzene rings is 1. The zero-order chi connectivity index (χ0) is 15.5. The van der Waals surface area contributed by atoms with Gasteiger partial charge in [0.05, 0.1) is 0 Å². The minimum Gasteiger partial charge on any atom is -0.484 e. The number of hydrogen-bond acceptors (Lipinski definition) is 3. The van der Waals surface area contributed by atoms with Crippen molar-refractivity contribution in [3.63, 3.8) is 0 Å². The highest BCUT2D eigenvalue weighted by atomic mass is 79.9.